The topological polar surface area (TPSA) is 32.6 Å². The molecule has 0 saturated heterocycles. The van der Waals surface area contributed by atoms with Gasteiger partial charge in [0.15, 0.2) is 5.71 Å². The highest BCUT2D eigenvalue weighted by molar-refractivity contribution is 7.71. The van der Waals surface area contributed by atoms with Gasteiger partial charge in [-0.15, -0.1) is 0 Å². The minimum absolute atomic E-state index is 0.356. The number of hydrogen-bond acceptors (Lipinski definition) is 3. The average Bonchev–Trinajstić information content (AvgIpc) is 3.11. The number of benzene rings is 5. The van der Waals surface area contributed by atoms with Crippen LogP contribution in [0.4, 0.5) is 5.69 Å². The minimum Gasteiger partial charge on any atom is -0.378 e. The summed E-state index contributed by atoms with van der Waals surface area (Å²) in [5.74, 6) is 0. The summed E-state index contributed by atoms with van der Waals surface area (Å²) in [5.41, 5.74) is 12.5. The quantitative estimate of drug-likeness (QED) is 0.0986. The molecule has 4 nitrogen and oxygen atoms in total. The van der Waals surface area contributed by atoms with Crippen LogP contribution < -0.4 is 10.2 Å². The molecule has 5 aromatic carbocycles. The lowest BCUT2D eigenvalue weighted by Gasteiger charge is -2.33. The zero-order chi connectivity index (χ0) is 34.6. The first kappa shape index (κ1) is 33.0. The molecule has 2 aliphatic rings. The molecule has 248 valence electrons. The Morgan fingerprint density at radius 1 is 0.735 bits per heavy atom. The second-order valence-corrected chi connectivity index (χ2v) is 15.9. The van der Waals surface area contributed by atoms with Crippen LogP contribution in [-0.4, -0.2) is 45.1 Å². The van der Waals surface area contributed by atoms with Crippen LogP contribution in [0.2, 0.25) is 0 Å². The summed E-state index contributed by atoms with van der Waals surface area (Å²) in [6.45, 7) is 8.99. The number of anilines is 1. The molecule has 1 atom stereocenters. The molecule has 1 aliphatic carbocycles. The van der Waals surface area contributed by atoms with Gasteiger partial charge in [0, 0.05) is 31.9 Å². The normalized spacial score (nSPS) is 17.0. The Bertz CT molecular complexity index is 2350. The molecule has 0 radical (unpaired) electrons. The summed E-state index contributed by atoms with van der Waals surface area (Å²) in [7, 11) is 4.67. The van der Waals surface area contributed by atoms with Crippen LogP contribution >= 0.6 is 7.37 Å². The largest absolute Gasteiger partial charge is 0.378 e. The van der Waals surface area contributed by atoms with Crippen LogP contribution in [-0.2, 0) is 21.9 Å². The Labute approximate surface area is 291 Å². The van der Waals surface area contributed by atoms with E-state index in [1.165, 1.54) is 49.4 Å². The van der Waals surface area contributed by atoms with E-state index in [9.17, 15) is 0 Å². The molecule has 1 heterocycles. The molecule has 0 aromatic heterocycles. The lowest BCUT2D eigenvalue weighted by Crippen LogP contribution is -2.25. The number of allylic oxidation sites excluding steroid dienone is 5. The van der Waals surface area contributed by atoms with Gasteiger partial charge in [0.1, 0.15) is 14.1 Å². The first-order chi connectivity index (χ1) is 23.6. The maximum atomic E-state index is 15.2. The van der Waals surface area contributed by atoms with Crippen molar-refractivity contribution in [2.75, 3.05) is 39.7 Å². The third kappa shape index (κ3) is 5.34. The Morgan fingerprint density at radius 3 is 2.04 bits per heavy atom. The van der Waals surface area contributed by atoms with Crippen molar-refractivity contribution < 1.29 is 13.7 Å². The average molecular weight is 666 g/mol. The third-order valence-corrected chi connectivity index (χ3v) is 12.9. The van der Waals surface area contributed by atoms with E-state index in [0.717, 1.165) is 57.1 Å². The van der Waals surface area contributed by atoms with Crippen LogP contribution in [0.5, 0.6) is 0 Å². The Morgan fingerprint density at radius 2 is 1.39 bits per heavy atom. The fourth-order valence-electron chi connectivity index (χ4n) is 7.76. The molecule has 5 aromatic rings. The molecule has 1 unspecified atom stereocenters. The van der Waals surface area contributed by atoms with Crippen molar-refractivity contribution in [2.45, 2.75) is 40.5 Å². The summed E-state index contributed by atoms with van der Waals surface area (Å²) in [6.07, 6.45) is 8.30. The monoisotopic (exact) mass is 665 g/mol. The van der Waals surface area contributed by atoms with Gasteiger partial charge < -0.3 is 9.42 Å². The van der Waals surface area contributed by atoms with Crippen LogP contribution in [0.25, 0.3) is 38.2 Å². The van der Waals surface area contributed by atoms with Crippen LogP contribution in [0, 0.1) is 6.92 Å². The van der Waals surface area contributed by atoms with Crippen molar-refractivity contribution in [3.8, 4) is 11.1 Å². The van der Waals surface area contributed by atoms with Crippen molar-refractivity contribution in [2.24, 2.45) is 0 Å². The molecule has 7 rings (SSSR count). The lowest BCUT2D eigenvalue weighted by molar-refractivity contribution is -0.462. The van der Waals surface area contributed by atoms with E-state index in [-0.39, 0.29) is 0 Å². The standard InChI is InChI=1S/C44H46N2O2P/c1-9-33-35-14-12-13-15-36(35)34(10-2)41-25-30(18-21-37(33)41)29-17-16-28(4)40(24-29)44-38-22-19-31(45(5)6)26-42(38)49(47,48-11-3)43-27-32(46(7)8)20-23-39(43)44/h12-27H,9-11H2,1-8H3/q+1. The van der Waals surface area contributed by atoms with Gasteiger partial charge in [-0.05, 0) is 129 Å². The number of hydrogen-bond donors (Lipinski definition) is 0. The molecular weight excluding hydrogens is 619 g/mol. The van der Waals surface area contributed by atoms with Crippen molar-refractivity contribution in [3.63, 3.8) is 0 Å². The zero-order valence-electron chi connectivity index (χ0n) is 30.0. The van der Waals surface area contributed by atoms with Gasteiger partial charge in [0.2, 0.25) is 0 Å². The Balaban J connectivity index is 1.50. The predicted octanol–water partition coefficient (Wildman–Crippen LogP) is 10.1. The third-order valence-electron chi connectivity index (χ3n) is 10.3. The minimum atomic E-state index is -3.41. The van der Waals surface area contributed by atoms with Gasteiger partial charge in [-0.2, -0.15) is 0 Å². The smallest absolute Gasteiger partial charge is 0.262 e. The van der Waals surface area contributed by atoms with E-state index >= 15 is 4.57 Å². The summed E-state index contributed by atoms with van der Waals surface area (Å²) >= 11 is 0. The van der Waals surface area contributed by atoms with E-state index < -0.39 is 7.37 Å². The lowest BCUT2D eigenvalue weighted by atomic mass is 9.85. The fraction of sp³-hybridized carbons (Fsp3) is 0.250. The van der Waals surface area contributed by atoms with Gasteiger partial charge in [0.05, 0.1) is 17.2 Å². The number of fused-ring (bicyclic) bond motifs is 4. The summed E-state index contributed by atoms with van der Waals surface area (Å²) < 4.78 is 23.6. The maximum absolute atomic E-state index is 15.2. The molecule has 0 amide bonds. The summed E-state index contributed by atoms with van der Waals surface area (Å²) in [4.78, 5) is 2.06. The first-order valence-electron chi connectivity index (χ1n) is 17.4. The molecule has 1 aliphatic heterocycles. The molecular formula is C44H46N2O2P+. The summed E-state index contributed by atoms with van der Waals surface area (Å²) in [6, 6.07) is 29.0. The Kier molecular flexibility index (Phi) is 8.59. The fourth-order valence-corrected chi connectivity index (χ4v) is 10.3. The molecule has 0 saturated carbocycles. The number of rotatable bonds is 7. The van der Waals surface area contributed by atoms with Crippen molar-refractivity contribution in [1.29, 1.82) is 0 Å². The van der Waals surface area contributed by atoms with Crippen LogP contribution in [0.15, 0.2) is 108 Å². The van der Waals surface area contributed by atoms with E-state index in [0.29, 0.717) is 6.61 Å². The molecule has 0 N–H and O–H groups in total. The van der Waals surface area contributed by atoms with Gasteiger partial charge >= 0.3 is 0 Å². The van der Waals surface area contributed by atoms with Crippen molar-refractivity contribution in [1.82, 2.24) is 0 Å². The van der Waals surface area contributed by atoms with Gasteiger partial charge in [-0.3, -0.25) is 4.57 Å². The van der Waals surface area contributed by atoms with E-state index in [1.54, 1.807) is 0 Å². The second kappa shape index (κ2) is 12.8. The molecule has 0 bridgehead atoms. The summed E-state index contributed by atoms with van der Waals surface area (Å²) in [5, 5.41) is 6.93. The highest BCUT2D eigenvalue weighted by Gasteiger charge is 2.43. The van der Waals surface area contributed by atoms with E-state index in [1.807, 2.05) is 35.1 Å². The predicted molar refractivity (Wildman–Crippen MR) is 210 cm³/mol. The molecule has 49 heavy (non-hydrogen) atoms. The second-order valence-electron chi connectivity index (χ2n) is 13.5. The SMILES string of the molecule is CCOP1(=O)C2=CC(=[N+](C)C)C=CC2=C(c2cc(-c3ccc4c(CC)c5ccccc5c(CC)c4c3)ccc2C)c2ccc(N(C)C)cc21. The van der Waals surface area contributed by atoms with Crippen molar-refractivity contribution >= 4 is 51.2 Å². The maximum Gasteiger partial charge on any atom is 0.262 e. The van der Waals surface area contributed by atoms with E-state index in [4.69, 9.17) is 4.52 Å². The molecule has 0 fully saturated rings. The van der Waals surface area contributed by atoms with Crippen molar-refractivity contribution in [3.05, 3.63) is 136 Å². The molecule has 5 heteroatoms. The Hall–Kier alpha value is -4.50. The highest BCUT2D eigenvalue weighted by atomic mass is 31.2. The van der Waals surface area contributed by atoms with Crippen LogP contribution in [0.3, 0.4) is 0 Å². The van der Waals surface area contributed by atoms with Gasteiger partial charge in [-0.25, -0.2) is 4.58 Å². The van der Waals surface area contributed by atoms with Gasteiger partial charge in [0.25, 0.3) is 7.37 Å². The first-order valence-corrected chi connectivity index (χ1v) is 19.1. The number of aryl methyl sites for hydroxylation is 3. The molecule has 0 spiro atoms. The van der Waals surface area contributed by atoms with E-state index in [2.05, 4.69) is 127 Å². The number of nitrogens with zero attached hydrogens (tertiary/aromatic N) is 2. The van der Waals surface area contributed by atoms with Crippen LogP contribution in [0.1, 0.15) is 48.6 Å². The zero-order valence-corrected chi connectivity index (χ0v) is 30.9. The van der Waals surface area contributed by atoms with Gasteiger partial charge in [-0.1, -0.05) is 68.4 Å². The highest BCUT2D eigenvalue weighted by Crippen LogP contribution is 2.63.